The van der Waals surface area contributed by atoms with Crippen LogP contribution in [0.1, 0.15) is 30.6 Å². The molecular formula is C14H21N3O2. The highest BCUT2D eigenvalue weighted by molar-refractivity contribution is 5.96. The van der Waals surface area contributed by atoms with E-state index in [-0.39, 0.29) is 17.7 Å². The maximum Gasteiger partial charge on any atom is 0.251 e. The van der Waals surface area contributed by atoms with Crippen molar-refractivity contribution in [3.63, 3.8) is 0 Å². The van der Waals surface area contributed by atoms with Crippen molar-refractivity contribution in [2.75, 3.05) is 18.4 Å². The Bertz CT molecular complexity index is 429. The van der Waals surface area contributed by atoms with Crippen LogP contribution in [0.2, 0.25) is 0 Å². The van der Waals surface area contributed by atoms with Gasteiger partial charge >= 0.3 is 0 Å². The van der Waals surface area contributed by atoms with E-state index >= 15 is 0 Å². The van der Waals surface area contributed by atoms with E-state index in [4.69, 9.17) is 5.73 Å². The minimum atomic E-state index is -0.229. The zero-order chi connectivity index (χ0) is 14.3. The van der Waals surface area contributed by atoms with Gasteiger partial charge in [-0.3, -0.25) is 9.59 Å². The van der Waals surface area contributed by atoms with Crippen LogP contribution in [-0.2, 0) is 4.79 Å². The van der Waals surface area contributed by atoms with Crippen LogP contribution < -0.4 is 16.4 Å². The molecule has 4 N–H and O–H groups in total. The maximum absolute atomic E-state index is 11.7. The van der Waals surface area contributed by atoms with Gasteiger partial charge in [0.1, 0.15) is 0 Å². The summed E-state index contributed by atoms with van der Waals surface area (Å²) in [6.07, 6.45) is 0.900. The van der Waals surface area contributed by atoms with Crippen molar-refractivity contribution in [1.29, 1.82) is 0 Å². The summed E-state index contributed by atoms with van der Waals surface area (Å²) in [7, 11) is 0. The van der Waals surface area contributed by atoms with E-state index in [2.05, 4.69) is 10.6 Å². The molecule has 1 unspecified atom stereocenters. The van der Waals surface area contributed by atoms with E-state index in [1.54, 1.807) is 31.2 Å². The monoisotopic (exact) mass is 263 g/mol. The SMILES string of the molecule is CCCNC(=O)c1ccc(NC(=O)C(C)CN)cc1. The van der Waals surface area contributed by atoms with Gasteiger partial charge < -0.3 is 16.4 Å². The van der Waals surface area contributed by atoms with E-state index in [0.717, 1.165) is 6.42 Å². The number of amides is 2. The average Bonchev–Trinajstić information content (AvgIpc) is 2.44. The van der Waals surface area contributed by atoms with Crippen LogP contribution in [0, 0.1) is 5.92 Å². The molecule has 0 bridgehead atoms. The second-order valence-corrected chi connectivity index (χ2v) is 4.46. The standard InChI is InChI=1S/C14H21N3O2/c1-3-8-16-14(19)11-4-6-12(7-5-11)17-13(18)10(2)9-15/h4-7,10H,3,8-9,15H2,1-2H3,(H,16,19)(H,17,18). The van der Waals surface area contributed by atoms with Gasteiger partial charge in [-0.25, -0.2) is 0 Å². The summed E-state index contributed by atoms with van der Waals surface area (Å²) in [4.78, 5) is 23.3. The van der Waals surface area contributed by atoms with Crippen molar-refractivity contribution >= 4 is 17.5 Å². The van der Waals surface area contributed by atoms with Gasteiger partial charge in [-0.1, -0.05) is 13.8 Å². The normalized spacial score (nSPS) is 11.7. The van der Waals surface area contributed by atoms with E-state index in [1.165, 1.54) is 0 Å². The fourth-order valence-electron chi connectivity index (χ4n) is 1.42. The van der Waals surface area contributed by atoms with Crippen molar-refractivity contribution < 1.29 is 9.59 Å². The summed E-state index contributed by atoms with van der Waals surface area (Å²) in [5.41, 5.74) is 6.67. The molecule has 1 aromatic rings. The topological polar surface area (TPSA) is 84.2 Å². The average molecular weight is 263 g/mol. The number of nitrogens with two attached hydrogens (primary N) is 1. The molecule has 1 aromatic carbocycles. The van der Waals surface area contributed by atoms with Crippen molar-refractivity contribution in [2.24, 2.45) is 11.7 Å². The number of benzene rings is 1. The lowest BCUT2D eigenvalue weighted by atomic mass is 10.1. The highest BCUT2D eigenvalue weighted by Crippen LogP contribution is 2.10. The molecule has 0 heterocycles. The van der Waals surface area contributed by atoms with Crippen molar-refractivity contribution in [1.82, 2.24) is 5.32 Å². The highest BCUT2D eigenvalue weighted by atomic mass is 16.2. The molecule has 0 aromatic heterocycles. The first kappa shape index (κ1) is 15.2. The molecule has 0 aliphatic carbocycles. The highest BCUT2D eigenvalue weighted by Gasteiger charge is 2.11. The second kappa shape index (κ2) is 7.53. The van der Waals surface area contributed by atoms with Gasteiger partial charge in [0.25, 0.3) is 5.91 Å². The van der Waals surface area contributed by atoms with E-state index in [9.17, 15) is 9.59 Å². The smallest absolute Gasteiger partial charge is 0.251 e. The number of anilines is 1. The van der Waals surface area contributed by atoms with Gasteiger partial charge in [-0.15, -0.1) is 0 Å². The fraction of sp³-hybridized carbons (Fsp3) is 0.429. The number of carbonyl (C=O) groups excluding carboxylic acids is 2. The molecule has 0 aliphatic rings. The Morgan fingerprint density at radius 3 is 2.42 bits per heavy atom. The van der Waals surface area contributed by atoms with Crippen LogP contribution >= 0.6 is 0 Å². The summed E-state index contributed by atoms with van der Waals surface area (Å²) in [6, 6.07) is 6.80. The van der Waals surface area contributed by atoms with Gasteiger partial charge in [-0.05, 0) is 30.7 Å². The summed E-state index contributed by atoms with van der Waals surface area (Å²) in [5.74, 6) is -0.451. The molecule has 0 saturated carbocycles. The van der Waals surface area contributed by atoms with Crippen molar-refractivity contribution in [3.05, 3.63) is 29.8 Å². The minimum Gasteiger partial charge on any atom is -0.352 e. The van der Waals surface area contributed by atoms with Gasteiger partial charge in [0, 0.05) is 30.3 Å². The molecule has 0 aliphatic heterocycles. The Morgan fingerprint density at radius 2 is 1.89 bits per heavy atom. The molecule has 104 valence electrons. The largest absolute Gasteiger partial charge is 0.352 e. The number of rotatable bonds is 6. The Kier molecular flexibility index (Phi) is 6.02. The summed E-state index contributed by atoms with van der Waals surface area (Å²) < 4.78 is 0. The first-order chi connectivity index (χ1) is 9.08. The Hall–Kier alpha value is -1.88. The summed E-state index contributed by atoms with van der Waals surface area (Å²) in [6.45, 7) is 4.73. The van der Waals surface area contributed by atoms with Crippen LogP contribution in [0.15, 0.2) is 24.3 Å². The van der Waals surface area contributed by atoms with E-state index in [0.29, 0.717) is 24.3 Å². The Morgan fingerprint density at radius 1 is 1.26 bits per heavy atom. The molecule has 0 radical (unpaired) electrons. The molecule has 0 spiro atoms. The van der Waals surface area contributed by atoms with Crippen LogP contribution in [0.25, 0.3) is 0 Å². The molecule has 0 saturated heterocycles. The van der Waals surface area contributed by atoms with Crippen LogP contribution in [0.5, 0.6) is 0 Å². The second-order valence-electron chi connectivity index (χ2n) is 4.46. The predicted octanol–water partition coefficient (Wildman–Crippen LogP) is 1.36. The molecule has 0 fully saturated rings. The predicted molar refractivity (Wildman–Crippen MR) is 75.9 cm³/mol. The third-order valence-electron chi connectivity index (χ3n) is 2.75. The number of hydrogen-bond donors (Lipinski definition) is 3. The van der Waals surface area contributed by atoms with Crippen molar-refractivity contribution in [2.45, 2.75) is 20.3 Å². The van der Waals surface area contributed by atoms with Gasteiger partial charge in [0.05, 0.1) is 0 Å². The third-order valence-corrected chi connectivity index (χ3v) is 2.75. The summed E-state index contributed by atoms with van der Waals surface area (Å²) in [5, 5.41) is 5.54. The quantitative estimate of drug-likeness (QED) is 0.724. The molecule has 1 rings (SSSR count). The number of carbonyl (C=O) groups is 2. The Balaban J connectivity index is 2.61. The number of nitrogens with one attached hydrogen (secondary N) is 2. The van der Waals surface area contributed by atoms with Gasteiger partial charge in [0.15, 0.2) is 0 Å². The Labute approximate surface area is 113 Å². The third kappa shape index (κ3) is 4.71. The maximum atomic E-state index is 11.7. The zero-order valence-electron chi connectivity index (χ0n) is 11.4. The van der Waals surface area contributed by atoms with Crippen LogP contribution in [-0.4, -0.2) is 24.9 Å². The molecule has 2 amide bonds. The first-order valence-corrected chi connectivity index (χ1v) is 6.47. The number of hydrogen-bond acceptors (Lipinski definition) is 3. The molecule has 1 atom stereocenters. The lowest BCUT2D eigenvalue weighted by Crippen LogP contribution is -2.27. The first-order valence-electron chi connectivity index (χ1n) is 6.47. The summed E-state index contributed by atoms with van der Waals surface area (Å²) >= 11 is 0. The zero-order valence-corrected chi connectivity index (χ0v) is 11.4. The molecular weight excluding hydrogens is 242 g/mol. The van der Waals surface area contributed by atoms with Gasteiger partial charge in [-0.2, -0.15) is 0 Å². The van der Waals surface area contributed by atoms with Crippen LogP contribution in [0.4, 0.5) is 5.69 Å². The van der Waals surface area contributed by atoms with Crippen LogP contribution in [0.3, 0.4) is 0 Å². The van der Waals surface area contributed by atoms with E-state index in [1.807, 2.05) is 6.92 Å². The lowest BCUT2D eigenvalue weighted by molar-refractivity contribution is -0.119. The lowest BCUT2D eigenvalue weighted by Gasteiger charge is -2.10. The minimum absolute atomic E-state index is 0.102. The van der Waals surface area contributed by atoms with Gasteiger partial charge in [0.2, 0.25) is 5.91 Å². The molecule has 19 heavy (non-hydrogen) atoms. The molecule has 5 nitrogen and oxygen atoms in total. The fourth-order valence-corrected chi connectivity index (χ4v) is 1.42. The van der Waals surface area contributed by atoms with Crippen molar-refractivity contribution in [3.8, 4) is 0 Å². The molecule has 5 heteroatoms. The van der Waals surface area contributed by atoms with E-state index < -0.39 is 0 Å².